The zero-order valence-corrected chi connectivity index (χ0v) is 39.7. The summed E-state index contributed by atoms with van der Waals surface area (Å²) in [4.78, 5) is 37.8. The minimum absolute atomic E-state index is 0.167. The number of rotatable bonds is 39. The highest BCUT2D eigenvalue weighted by molar-refractivity contribution is 5.71. The number of unbranched alkanes of at least 4 members (excludes halogenated alkanes) is 2. The lowest BCUT2D eigenvalue weighted by Gasteiger charge is -2.18. The number of carbonyl (C=O) groups is 3. The molecule has 0 aromatic rings. The maximum atomic E-state index is 12.7. The molecule has 0 aliphatic rings. The van der Waals surface area contributed by atoms with Crippen molar-refractivity contribution in [2.24, 2.45) is 0 Å². The molecule has 0 amide bonds. The highest BCUT2D eigenvalue weighted by atomic mass is 16.6. The lowest BCUT2D eigenvalue weighted by atomic mass is 10.2. The molecule has 350 valence electrons. The molecular formula is C58H82O6. The van der Waals surface area contributed by atoms with Gasteiger partial charge in [-0.15, -0.1) is 0 Å². The van der Waals surface area contributed by atoms with E-state index in [0.717, 1.165) is 83.5 Å². The van der Waals surface area contributed by atoms with Gasteiger partial charge in [0.2, 0.25) is 0 Å². The number of hydrogen-bond acceptors (Lipinski definition) is 6. The molecule has 6 nitrogen and oxygen atoms in total. The van der Waals surface area contributed by atoms with Gasteiger partial charge in [-0.25, -0.2) is 0 Å². The Bertz CT molecular complexity index is 1610. The van der Waals surface area contributed by atoms with Crippen LogP contribution in [-0.4, -0.2) is 37.2 Å². The van der Waals surface area contributed by atoms with E-state index < -0.39 is 12.1 Å². The molecule has 0 aliphatic heterocycles. The largest absolute Gasteiger partial charge is 0.462 e. The third-order valence-corrected chi connectivity index (χ3v) is 8.78. The van der Waals surface area contributed by atoms with Crippen molar-refractivity contribution in [1.82, 2.24) is 0 Å². The maximum Gasteiger partial charge on any atom is 0.306 e. The highest BCUT2D eigenvalue weighted by Gasteiger charge is 2.19. The van der Waals surface area contributed by atoms with Crippen molar-refractivity contribution in [1.29, 1.82) is 0 Å². The second-order valence-corrected chi connectivity index (χ2v) is 14.6. The molecular weight excluding hydrogens is 793 g/mol. The van der Waals surface area contributed by atoms with Gasteiger partial charge >= 0.3 is 17.9 Å². The quantitative estimate of drug-likeness (QED) is 0.0201. The van der Waals surface area contributed by atoms with Gasteiger partial charge in [-0.2, -0.15) is 0 Å². The van der Waals surface area contributed by atoms with Gasteiger partial charge in [0.05, 0.1) is 0 Å². The third-order valence-electron chi connectivity index (χ3n) is 8.78. The topological polar surface area (TPSA) is 78.9 Å². The minimum Gasteiger partial charge on any atom is -0.462 e. The van der Waals surface area contributed by atoms with Gasteiger partial charge in [0, 0.05) is 19.3 Å². The summed E-state index contributed by atoms with van der Waals surface area (Å²) in [6, 6.07) is 0. The van der Waals surface area contributed by atoms with Crippen molar-refractivity contribution < 1.29 is 28.6 Å². The smallest absolute Gasteiger partial charge is 0.306 e. The van der Waals surface area contributed by atoms with Gasteiger partial charge < -0.3 is 14.2 Å². The average Bonchev–Trinajstić information content (AvgIpc) is 3.29. The Morgan fingerprint density at radius 3 is 1.03 bits per heavy atom. The Kier molecular flexibility index (Phi) is 45.9. The first-order valence-electron chi connectivity index (χ1n) is 23.9. The number of esters is 3. The van der Waals surface area contributed by atoms with E-state index in [2.05, 4.69) is 136 Å². The molecule has 0 fully saturated rings. The van der Waals surface area contributed by atoms with Crippen molar-refractivity contribution in [3.05, 3.63) is 182 Å². The molecule has 0 aromatic carbocycles. The number of ether oxygens (including phenoxy) is 3. The maximum absolute atomic E-state index is 12.7. The van der Waals surface area contributed by atoms with Crippen LogP contribution in [0.4, 0.5) is 0 Å². The first-order valence-corrected chi connectivity index (χ1v) is 23.9. The zero-order valence-electron chi connectivity index (χ0n) is 39.7. The van der Waals surface area contributed by atoms with Crippen LogP contribution in [0.1, 0.15) is 143 Å². The van der Waals surface area contributed by atoms with Crippen LogP contribution in [0.3, 0.4) is 0 Å². The molecule has 0 bridgehead atoms. The predicted molar refractivity (Wildman–Crippen MR) is 274 cm³/mol. The molecule has 0 saturated heterocycles. The monoisotopic (exact) mass is 875 g/mol. The summed E-state index contributed by atoms with van der Waals surface area (Å²) in [5.41, 5.74) is 0. The summed E-state index contributed by atoms with van der Waals surface area (Å²) in [7, 11) is 0. The van der Waals surface area contributed by atoms with Crippen molar-refractivity contribution in [3.8, 4) is 0 Å². The van der Waals surface area contributed by atoms with Gasteiger partial charge in [-0.1, -0.05) is 203 Å². The summed E-state index contributed by atoms with van der Waals surface area (Å²) >= 11 is 0. The second kappa shape index (κ2) is 50.2. The SMILES string of the molecule is CC\C=C/C=C\C=C/C=C\C=C/CCCC(=O)OCC(COC(=O)CCC/C=C\C/C=C\C/C=C\C/C=C\C/C=C\CC)OC(=O)CC/C=C\C/C=C\C/C=C\C/C=C\C/C=C\CC. The van der Waals surface area contributed by atoms with Crippen LogP contribution in [-0.2, 0) is 28.6 Å². The van der Waals surface area contributed by atoms with Gasteiger partial charge in [0.25, 0.3) is 0 Å². The van der Waals surface area contributed by atoms with E-state index in [0.29, 0.717) is 19.3 Å². The molecule has 1 atom stereocenters. The Hall–Kier alpha value is -5.49. The Labute approximate surface area is 389 Å². The average molecular weight is 875 g/mol. The second-order valence-electron chi connectivity index (χ2n) is 14.6. The van der Waals surface area contributed by atoms with Crippen LogP contribution in [0.5, 0.6) is 0 Å². The third kappa shape index (κ3) is 47.6. The number of allylic oxidation sites excluding steroid dienone is 30. The van der Waals surface area contributed by atoms with Gasteiger partial charge in [0.15, 0.2) is 6.10 Å². The predicted octanol–water partition coefficient (Wildman–Crippen LogP) is 15.8. The summed E-state index contributed by atoms with van der Waals surface area (Å²) < 4.78 is 16.5. The fourth-order valence-electron chi connectivity index (χ4n) is 5.32. The fourth-order valence-corrected chi connectivity index (χ4v) is 5.32. The highest BCUT2D eigenvalue weighted by Crippen LogP contribution is 2.07. The Balaban J connectivity index is 4.74. The summed E-state index contributed by atoms with van der Waals surface area (Å²) in [5.74, 6) is -1.21. The molecule has 64 heavy (non-hydrogen) atoms. The van der Waals surface area contributed by atoms with Crippen LogP contribution in [0.25, 0.3) is 0 Å². The lowest BCUT2D eigenvalue weighted by Crippen LogP contribution is -2.30. The first kappa shape index (κ1) is 58.5. The van der Waals surface area contributed by atoms with Crippen LogP contribution < -0.4 is 0 Å². The molecule has 0 aromatic heterocycles. The van der Waals surface area contributed by atoms with E-state index in [-0.39, 0.29) is 44.4 Å². The molecule has 0 aliphatic carbocycles. The molecule has 0 rings (SSSR count). The Morgan fingerprint density at radius 2 is 0.641 bits per heavy atom. The van der Waals surface area contributed by atoms with Crippen molar-refractivity contribution >= 4 is 17.9 Å². The summed E-state index contributed by atoms with van der Waals surface area (Å²) in [6.45, 7) is 6.03. The van der Waals surface area contributed by atoms with Gasteiger partial charge in [-0.05, 0) is 103 Å². The normalized spacial score (nSPS) is 13.7. The van der Waals surface area contributed by atoms with Crippen LogP contribution >= 0.6 is 0 Å². The van der Waals surface area contributed by atoms with E-state index in [4.69, 9.17) is 14.2 Å². The molecule has 0 radical (unpaired) electrons. The summed E-state index contributed by atoms with van der Waals surface area (Å²) in [6.07, 6.45) is 76.1. The van der Waals surface area contributed by atoms with E-state index in [1.165, 1.54) is 0 Å². The van der Waals surface area contributed by atoms with E-state index in [1.54, 1.807) is 0 Å². The van der Waals surface area contributed by atoms with E-state index in [1.807, 2.05) is 66.8 Å². The van der Waals surface area contributed by atoms with E-state index in [9.17, 15) is 14.4 Å². The van der Waals surface area contributed by atoms with Gasteiger partial charge in [-0.3, -0.25) is 14.4 Å². The molecule has 0 N–H and O–H groups in total. The number of carbonyl (C=O) groups excluding carboxylic acids is 3. The molecule has 0 saturated carbocycles. The lowest BCUT2D eigenvalue weighted by molar-refractivity contribution is -0.166. The standard InChI is InChI=1S/C58H82O6/c1-4-7-10-13-16-19-22-25-27-29-31-33-36-39-42-45-48-51-57(60)63-54-55(53-62-56(59)50-47-44-41-38-35-32-24-21-18-15-12-9-6-3)64-58(61)52-49-46-43-40-37-34-30-28-26-23-20-17-14-11-8-5-2/h7-12,15-21,24-28,31-35,37-39,41-43,46,55H,4-6,13-14,22-23,29-30,36,40,44-45,47-54H2,1-3H3/b10-7-,11-8-,12-9-,18-15-,19-16-,20-17-,24-21-,27-25-,28-26-,33-31-,35-32-,37-34-,41-38-,42-39-,46-43-. The molecule has 0 spiro atoms. The first-order chi connectivity index (χ1) is 31.5. The van der Waals surface area contributed by atoms with Crippen molar-refractivity contribution in [2.45, 2.75) is 149 Å². The van der Waals surface area contributed by atoms with Crippen LogP contribution in [0.15, 0.2) is 182 Å². The summed E-state index contributed by atoms with van der Waals surface area (Å²) in [5, 5.41) is 0. The number of hydrogen-bond donors (Lipinski definition) is 0. The molecule has 6 heteroatoms. The van der Waals surface area contributed by atoms with Gasteiger partial charge in [0.1, 0.15) is 13.2 Å². The van der Waals surface area contributed by atoms with Crippen LogP contribution in [0, 0.1) is 0 Å². The van der Waals surface area contributed by atoms with Crippen molar-refractivity contribution in [3.63, 3.8) is 0 Å². The minimum atomic E-state index is -0.879. The molecule has 0 heterocycles. The zero-order chi connectivity index (χ0) is 46.5. The fraction of sp³-hybridized carbons (Fsp3) is 0.431. The Morgan fingerprint density at radius 1 is 0.328 bits per heavy atom. The van der Waals surface area contributed by atoms with E-state index >= 15 is 0 Å². The van der Waals surface area contributed by atoms with Crippen molar-refractivity contribution in [2.75, 3.05) is 13.2 Å². The molecule has 1 unspecified atom stereocenters. The van der Waals surface area contributed by atoms with Crippen LogP contribution in [0.2, 0.25) is 0 Å².